The first-order chi connectivity index (χ1) is 8.54. The van der Waals surface area contributed by atoms with E-state index in [0.29, 0.717) is 11.6 Å². The van der Waals surface area contributed by atoms with Gasteiger partial charge in [-0.2, -0.15) is 4.98 Å². The van der Waals surface area contributed by atoms with E-state index in [1.165, 1.54) is 16.4 Å². The molecule has 9 heteroatoms. The Morgan fingerprint density at radius 1 is 1.56 bits per heavy atom. The summed E-state index contributed by atoms with van der Waals surface area (Å²) in [5.41, 5.74) is 3.81. The van der Waals surface area contributed by atoms with Crippen molar-refractivity contribution >= 4 is 17.6 Å². The van der Waals surface area contributed by atoms with E-state index in [2.05, 4.69) is 15.2 Å². The van der Waals surface area contributed by atoms with Gasteiger partial charge in [-0.3, -0.25) is 19.4 Å². The van der Waals surface area contributed by atoms with Crippen LogP contribution in [0.25, 0.3) is 0 Å². The average molecular weight is 273 g/mol. The van der Waals surface area contributed by atoms with Crippen molar-refractivity contribution in [3.8, 4) is 0 Å². The molecule has 0 bridgehead atoms. The quantitative estimate of drug-likeness (QED) is 0.122. The Kier molecular flexibility index (Phi) is 5.43. The third-order valence-electron chi connectivity index (χ3n) is 2.13. The minimum absolute atomic E-state index is 0.203. The summed E-state index contributed by atoms with van der Waals surface area (Å²) in [6.07, 6.45) is 2.13. The Morgan fingerprint density at radius 2 is 2.28 bits per heavy atom. The van der Waals surface area contributed by atoms with Gasteiger partial charge in [-0.05, 0) is 12.8 Å². The lowest BCUT2D eigenvalue weighted by atomic mass is 10.2. The van der Waals surface area contributed by atoms with Gasteiger partial charge in [-0.1, -0.05) is 16.9 Å². The largest absolute Gasteiger partial charge is 0.409 e. The molecule has 1 aromatic heterocycles. The van der Waals surface area contributed by atoms with Crippen LogP contribution in [0, 0.1) is 0 Å². The normalized spacial score (nSPS) is 11.7. The molecule has 0 fully saturated rings. The minimum Gasteiger partial charge on any atom is -0.409 e. The molecule has 100 valence electrons. The van der Waals surface area contributed by atoms with Gasteiger partial charge in [0.05, 0.1) is 0 Å². The fourth-order valence-corrected chi connectivity index (χ4v) is 2.13. The number of nitrogens with zero attached hydrogens (tertiary/aromatic N) is 3. The van der Waals surface area contributed by atoms with E-state index < -0.39 is 11.1 Å². The van der Waals surface area contributed by atoms with Crippen LogP contribution in [0.4, 0.5) is 0 Å². The Bertz CT molecular complexity index is 536. The molecule has 0 aliphatic rings. The summed E-state index contributed by atoms with van der Waals surface area (Å²) in [7, 11) is 1.62. The molecule has 0 atom stereocenters. The van der Waals surface area contributed by atoms with Gasteiger partial charge in [0.2, 0.25) is 0 Å². The van der Waals surface area contributed by atoms with Crippen molar-refractivity contribution < 1.29 is 5.21 Å². The first-order valence-corrected chi connectivity index (χ1v) is 6.29. The second-order valence-corrected chi connectivity index (χ2v) is 4.66. The molecule has 18 heavy (non-hydrogen) atoms. The van der Waals surface area contributed by atoms with Crippen LogP contribution in [0.1, 0.15) is 19.3 Å². The molecule has 0 aliphatic heterocycles. The zero-order valence-corrected chi connectivity index (χ0v) is 10.7. The zero-order chi connectivity index (χ0) is 13.5. The molecule has 8 nitrogen and oxygen atoms in total. The van der Waals surface area contributed by atoms with Gasteiger partial charge in [0.15, 0.2) is 5.16 Å². The molecular formula is C9H15N5O3S. The van der Waals surface area contributed by atoms with Gasteiger partial charge in [0.1, 0.15) is 5.84 Å². The topological polar surface area (TPSA) is 126 Å². The summed E-state index contributed by atoms with van der Waals surface area (Å²) in [4.78, 5) is 25.7. The van der Waals surface area contributed by atoms with Crippen LogP contribution < -0.4 is 16.9 Å². The van der Waals surface area contributed by atoms with Gasteiger partial charge >= 0.3 is 11.1 Å². The summed E-state index contributed by atoms with van der Waals surface area (Å²) < 4.78 is 1.41. The standard InChI is InChI=1S/C9H15N5O3S/c1-14-9(11-7(15)8(16)12-14)18-5-3-2-4-6(10)13-17/h17H,2-5H2,1H3,(H2,10,13)(H,12,16). The van der Waals surface area contributed by atoms with Crippen LogP contribution in [0.15, 0.2) is 19.9 Å². The van der Waals surface area contributed by atoms with Crippen molar-refractivity contribution in [3.05, 3.63) is 20.7 Å². The summed E-state index contributed by atoms with van der Waals surface area (Å²) >= 11 is 1.37. The first kappa shape index (κ1) is 14.3. The maximum Gasteiger partial charge on any atom is 0.339 e. The van der Waals surface area contributed by atoms with Gasteiger partial charge < -0.3 is 10.9 Å². The van der Waals surface area contributed by atoms with E-state index in [1.807, 2.05) is 0 Å². The van der Waals surface area contributed by atoms with Crippen molar-refractivity contribution in [3.63, 3.8) is 0 Å². The molecule has 0 saturated heterocycles. The SMILES string of the molecule is Cn1[nH]c(=O)c(=O)nc1SCCCCC(N)=NO. The summed E-state index contributed by atoms with van der Waals surface area (Å²) in [5.74, 6) is 0.931. The molecule has 0 radical (unpaired) electrons. The molecule has 4 N–H and O–H groups in total. The Balaban J connectivity index is 2.43. The fourth-order valence-electron chi connectivity index (χ4n) is 1.21. The smallest absolute Gasteiger partial charge is 0.339 e. The van der Waals surface area contributed by atoms with Gasteiger partial charge in [-0.25, -0.2) is 0 Å². The van der Waals surface area contributed by atoms with E-state index >= 15 is 0 Å². The minimum atomic E-state index is -0.785. The predicted octanol–water partition coefficient (Wildman–Crippen LogP) is -0.523. The average Bonchev–Trinajstić information content (AvgIpc) is 2.34. The molecule has 0 amide bonds. The third-order valence-corrected chi connectivity index (χ3v) is 3.25. The highest BCUT2D eigenvalue weighted by Gasteiger charge is 2.04. The molecular weight excluding hydrogens is 258 g/mol. The lowest BCUT2D eigenvalue weighted by molar-refractivity contribution is 0.316. The van der Waals surface area contributed by atoms with E-state index in [-0.39, 0.29) is 5.84 Å². The van der Waals surface area contributed by atoms with E-state index in [9.17, 15) is 9.59 Å². The van der Waals surface area contributed by atoms with Crippen LogP contribution in [0.2, 0.25) is 0 Å². The highest BCUT2D eigenvalue weighted by Crippen LogP contribution is 2.13. The zero-order valence-electron chi connectivity index (χ0n) is 9.92. The Morgan fingerprint density at radius 3 is 2.94 bits per heavy atom. The predicted molar refractivity (Wildman–Crippen MR) is 68.1 cm³/mol. The fraction of sp³-hybridized carbons (Fsp3) is 0.556. The highest BCUT2D eigenvalue weighted by atomic mass is 32.2. The number of nitrogens with two attached hydrogens (primary N) is 1. The van der Waals surface area contributed by atoms with Gasteiger partial charge in [0, 0.05) is 19.2 Å². The number of thioether (sulfide) groups is 1. The number of rotatable bonds is 6. The summed E-state index contributed by atoms with van der Waals surface area (Å²) in [5, 5.41) is 14.0. The van der Waals surface area contributed by atoms with Crippen molar-refractivity contribution in [1.82, 2.24) is 14.8 Å². The van der Waals surface area contributed by atoms with Crippen molar-refractivity contribution in [2.75, 3.05) is 5.75 Å². The van der Waals surface area contributed by atoms with Crippen molar-refractivity contribution in [1.29, 1.82) is 0 Å². The number of H-pyrrole nitrogens is 1. The van der Waals surface area contributed by atoms with Crippen LogP contribution in [-0.2, 0) is 7.05 Å². The lowest BCUT2D eigenvalue weighted by Crippen LogP contribution is -2.33. The molecule has 0 aliphatic carbocycles. The van der Waals surface area contributed by atoms with Crippen LogP contribution >= 0.6 is 11.8 Å². The van der Waals surface area contributed by atoms with E-state index in [1.54, 1.807) is 7.05 Å². The van der Waals surface area contributed by atoms with Crippen LogP contribution in [0.3, 0.4) is 0 Å². The van der Waals surface area contributed by atoms with Crippen LogP contribution in [-0.4, -0.2) is 31.6 Å². The monoisotopic (exact) mass is 273 g/mol. The van der Waals surface area contributed by atoms with Gasteiger partial charge in [0.25, 0.3) is 0 Å². The number of hydrogen-bond donors (Lipinski definition) is 3. The van der Waals surface area contributed by atoms with Crippen molar-refractivity contribution in [2.45, 2.75) is 24.4 Å². The van der Waals surface area contributed by atoms with Crippen molar-refractivity contribution in [2.24, 2.45) is 17.9 Å². The van der Waals surface area contributed by atoms with E-state index in [0.717, 1.165) is 18.6 Å². The Labute approximate surface area is 107 Å². The molecule has 0 spiro atoms. The molecule has 1 rings (SSSR count). The van der Waals surface area contributed by atoms with Gasteiger partial charge in [-0.15, -0.1) is 0 Å². The number of hydrogen-bond acceptors (Lipinski definition) is 6. The second kappa shape index (κ2) is 6.84. The molecule has 0 aromatic carbocycles. The molecule has 0 saturated carbocycles. The molecule has 1 aromatic rings. The first-order valence-electron chi connectivity index (χ1n) is 5.31. The second-order valence-electron chi connectivity index (χ2n) is 3.60. The number of aromatic nitrogens is 3. The number of unbranched alkanes of at least 4 members (excludes halogenated alkanes) is 1. The third kappa shape index (κ3) is 4.24. The summed E-state index contributed by atoms with van der Waals surface area (Å²) in [6, 6.07) is 0. The Hall–Kier alpha value is -1.77. The number of aryl methyl sites for hydroxylation is 1. The number of aromatic amines is 1. The number of amidine groups is 1. The number of oxime groups is 1. The number of nitrogens with one attached hydrogen (secondary N) is 1. The summed E-state index contributed by atoms with van der Waals surface area (Å²) in [6.45, 7) is 0. The van der Waals surface area contributed by atoms with Crippen LogP contribution in [0.5, 0.6) is 0 Å². The highest BCUT2D eigenvalue weighted by molar-refractivity contribution is 7.99. The molecule has 0 unspecified atom stereocenters. The lowest BCUT2D eigenvalue weighted by Gasteiger charge is -2.05. The maximum atomic E-state index is 11.1. The molecule has 1 heterocycles. The maximum absolute atomic E-state index is 11.1. The van der Waals surface area contributed by atoms with E-state index in [4.69, 9.17) is 10.9 Å².